The highest BCUT2D eigenvalue weighted by molar-refractivity contribution is 6.69. The molecule has 3 unspecified atom stereocenters. The van der Waals surface area contributed by atoms with E-state index in [1.165, 1.54) is 37.8 Å². The molecule has 4 rings (SSSR count). The predicted molar refractivity (Wildman–Crippen MR) is 133 cm³/mol. The van der Waals surface area contributed by atoms with Crippen molar-refractivity contribution in [1.82, 2.24) is 0 Å². The van der Waals surface area contributed by atoms with Gasteiger partial charge >= 0.3 is 0 Å². The van der Waals surface area contributed by atoms with Crippen LogP contribution < -0.4 is 0 Å². The normalized spacial score (nSPS) is 43.2. The third kappa shape index (κ3) is 4.00. The van der Waals surface area contributed by atoms with Gasteiger partial charge in [0.1, 0.15) is 14.2 Å². The highest BCUT2D eigenvalue weighted by Gasteiger charge is 2.62. The zero-order chi connectivity index (χ0) is 23.3. The molecule has 180 valence electrons. The summed E-state index contributed by atoms with van der Waals surface area (Å²) in [6.07, 6.45) is 11.1. The second kappa shape index (κ2) is 8.57. The van der Waals surface area contributed by atoms with Crippen molar-refractivity contribution < 1.29 is 14.1 Å². The van der Waals surface area contributed by atoms with E-state index in [0.29, 0.717) is 29.8 Å². The number of rotatable bonds is 5. The Labute approximate surface area is 196 Å². The Morgan fingerprint density at radius 3 is 2.47 bits per heavy atom. The average molecular weight is 461 g/mol. The molecule has 0 aromatic carbocycles. The van der Waals surface area contributed by atoms with Crippen LogP contribution in [0.3, 0.4) is 0 Å². The summed E-state index contributed by atoms with van der Waals surface area (Å²) in [5, 5.41) is 9.08. The Morgan fingerprint density at radius 1 is 1.06 bits per heavy atom. The minimum atomic E-state index is -1.55. The minimum Gasteiger partial charge on any atom is -0.411 e. The Bertz CT molecular complexity index is 816. The topological polar surface area (TPSA) is 52.4 Å². The molecule has 32 heavy (non-hydrogen) atoms. The molecule has 0 aliphatic heterocycles. The first-order chi connectivity index (χ1) is 15.0. The van der Waals surface area contributed by atoms with Gasteiger partial charge in [0.25, 0.3) is 0 Å². The molecular formula is C26H44N2O3Si. The Balaban J connectivity index is 1.69. The van der Waals surface area contributed by atoms with Crippen LogP contribution in [0.1, 0.15) is 65.7 Å². The lowest BCUT2D eigenvalue weighted by Crippen LogP contribution is -2.55. The van der Waals surface area contributed by atoms with E-state index in [9.17, 15) is 0 Å². The zero-order valence-electron chi connectivity index (χ0n) is 21.5. The number of fused-ring (bicyclic) bond motifs is 5. The van der Waals surface area contributed by atoms with E-state index in [4.69, 9.17) is 19.3 Å². The summed E-state index contributed by atoms with van der Waals surface area (Å²) in [6, 6.07) is 0. The number of oxime groups is 2. The molecule has 7 atom stereocenters. The lowest BCUT2D eigenvalue weighted by atomic mass is 9.46. The summed E-state index contributed by atoms with van der Waals surface area (Å²) in [5.41, 5.74) is 4.40. The van der Waals surface area contributed by atoms with Crippen molar-refractivity contribution in [1.29, 1.82) is 0 Å². The Kier molecular flexibility index (Phi) is 6.43. The summed E-state index contributed by atoms with van der Waals surface area (Å²) < 4.78 is 6.51. The van der Waals surface area contributed by atoms with E-state index in [1.807, 2.05) is 0 Å². The molecule has 0 bridgehead atoms. The molecule has 5 nitrogen and oxygen atoms in total. The molecule has 4 aliphatic carbocycles. The van der Waals surface area contributed by atoms with Crippen molar-refractivity contribution in [3.8, 4) is 0 Å². The van der Waals surface area contributed by atoms with E-state index in [-0.39, 0.29) is 10.8 Å². The zero-order valence-corrected chi connectivity index (χ0v) is 22.5. The van der Waals surface area contributed by atoms with Crippen molar-refractivity contribution in [3.63, 3.8) is 0 Å². The number of allylic oxidation sites excluding steroid dienone is 1. The van der Waals surface area contributed by atoms with Crippen LogP contribution in [-0.2, 0) is 14.1 Å². The van der Waals surface area contributed by atoms with Crippen LogP contribution >= 0.6 is 0 Å². The van der Waals surface area contributed by atoms with Crippen LogP contribution in [0, 0.1) is 34.5 Å². The summed E-state index contributed by atoms with van der Waals surface area (Å²) in [6.45, 7) is 14.0. The first-order valence-electron chi connectivity index (χ1n) is 12.6. The van der Waals surface area contributed by atoms with E-state index < -0.39 is 8.32 Å². The van der Waals surface area contributed by atoms with E-state index in [2.05, 4.69) is 51.6 Å². The fourth-order valence-corrected chi connectivity index (χ4v) is 9.30. The second-order valence-electron chi connectivity index (χ2n) is 12.2. The number of nitrogens with zero attached hydrogens (tertiary/aromatic N) is 2. The lowest BCUT2D eigenvalue weighted by molar-refractivity contribution is 0.0130. The summed E-state index contributed by atoms with van der Waals surface area (Å²) in [5.74, 6) is 2.32. The SMILES string of the molecule is CON=C1C[C@@]2(C)C(CC[C@@H]2C(C)=NOC)C2CCC3=C[C@@H](O[Si](C)(C)C)CC[C@]3(C)C12. The molecule has 0 radical (unpaired) electrons. The van der Waals surface area contributed by atoms with Crippen molar-refractivity contribution in [2.75, 3.05) is 14.2 Å². The Hall–Kier alpha value is -1.14. The molecule has 0 aromatic heterocycles. The fourth-order valence-electron chi connectivity index (χ4n) is 8.20. The molecule has 0 N–H and O–H groups in total. The summed E-state index contributed by atoms with van der Waals surface area (Å²) >= 11 is 0. The molecule has 3 fully saturated rings. The maximum Gasteiger partial charge on any atom is 0.184 e. The quantitative estimate of drug-likeness (QED) is 0.206. The third-order valence-electron chi connectivity index (χ3n) is 9.23. The molecule has 0 saturated heterocycles. The fraction of sp³-hybridized carbons (Fsp3) is 0.846. The summed E-state index contributed by atoms with van der Waals surface area (Å²) in [4.78, 5) is 10.6. The number of hydrogen-bond acceptors (Lipinski definition) is 5. The maximum atomic E-state index is 6.51. The monoisotopic (exact) mass is 460 g/mol. The largest absolute Gasteiger partial charge is 0.411 e. The van der Waals surface area contributed by atoms with E-state index >= 15 is 0 Å². The van der Waals surface area contributed by atoms with Crippen LogP contribution in [0.5, 0.6) is 0 Å². The molecule has 4 aliphatic rings. The average Bonchev–Trinajstić information content (AvgIpc) is 3.04. The van der Waals surface area contributed by atoms with Gasteiger partial charge in [-0.3, -0.25) is 0 Å². The van der Waals surface area contributed by atoms with Gasteiger partial charge in [0.05, 0.1) is 17.5 Å². The minimum absolute atomic E-state index is 0.175. The van der Waals surface area contributed by atoms with Crippen molar-refractivity contribution >= 4 is 19.7 Å². The summed E-state index contributed by atoms with van der Waals surface area (Å²) in [7, 11) is 1.82. The molecule has 0 heterocycles. The van der Waals surface area contributed by atoms with Gasteiger partial charge in [0.2, 0.25) is 0 Å². The van der Waals surface area contributed by atoms with Gasteiger partial charge in [-0.2, -0.15) is 0 Å². The van der Waals surface area contributed by atoms with Gasteiger partial charge in [-0.05, 0) is 94.2 Å². The first-order valence-corrected chi connectivity index (χ1v) is 16.0. The van der Waals surface area contributed by atoms with Gasteiger partial charge in [0.15, 0.2) is 8.32 Å². The molecule has 3 saturated carbocycles. The van der Waals surface area contributed by atoms with Crippen molar-refractivity contribution in [2.45, 2.75) is 91.5 Å². The van der Waals surface area contributed by atoms with Gasteiger partial charge in [0, 0.05) is 11.8 Å². The van der Waals surface area contributed by atoms with Crippen molar-refractivity contribution in [3.05, 3.63) is 11.6 Å². The molecule has 6 heteroatoms. The lowest BCUT2D eigenvalue weighted by Gasteiger charge is -2.58. The Morgan fingerprint density at radius 2 is 1.81 bits per heavy atom. The highest BCUT2D eigenvalue weighted by atomic mass is 28.4. The van der Waals surface area contributed by atoms with Gasteiger partial charge in [-0.1, -0.05) is 35.8 Å². The molecule has 0 spiro atoms. The van der Waals surface area contributed by atoms with Crippen LogP contribution in [0.15, 0.2) is 22.0 Å². The maximum absolute atomic E-state index is 6.51. The van der Waals surface area contributed by atoms with E-state index in [0.717, 1.165) is 18.6 Å². The first kappa shape index (κ1) is 24.0. The molecule has 0 amide bonds. The van der Waals surface area contributed by atoms with Crippen LogP contribution in [-0.4, -0.2) is 40.1 Å². The standard InChI is InChI=1S/C26H44N2O3Si/c1-17(27-29-4)21-11-12-22-20-10-9-18-15-19(31-32(6,7)8)13-14-25(18,2)24(20)23(28-30-5)16-26(21,22)3/h15,19-22,24H,9-14,16H2,1-8H3/t19-,20?,21+,22?,24?,25-,26+/m0/s1. The molecule has 0 aromatic rings. The van der Waals surface area contributed by atoms with Crippen molar-refractivity contribution in [2.24, 2.45) is 44.8 Å². The van der Waals surface area contributed by atoms with E-state index in [1.54, 1.807) is 19.8 Å². The second-order valence-corrected chi connectivity index (χ2v) is 16.7. The predicted octanol–water partition coefficient (Wildman–Crippen LogP) is 6.42. The van der Waals surface area contributed by atoms with Gasteiger partial charge < -0.3 is 14.1 Å². The highest BCUT2D eigenvalue weighted by Crippen LogP contribution is 2.66. The van der Waals surface area contributed by atoms with Gasteiger partial charge in [-0.25, -0.2) is 0 Å². The van der Waals surface area contributed by atoms with Crippen LogP contribution in [0.4, 0.5) is 0 Å². The molecular weight excluding hydrogens is 416 g/mol. The third-order valence-corrected chi connectivity index (χ3v) is 10.2. The smallest absolute Gasteiger partial charge is 0.184 e. The van der Waals surface area contributed by atoms with Crippen LogP contribution in [0.2, 0.25) is 19.6 Å². The number of hydrogen-bond donors (Lipinski definition) is 0. The van der Waals surface area contributed by atoms with Gasteiger partial charge in [-0.15, -0.1) is 0 Å². The van der Waals surface area contributed by atoms with Crippen LogP contribution in [0.25, 0.3) is 0 Å².